The number of carbonyl (C=O) groups excluding carboxylic acids is 3. The van der Waals surface area contributed by atoms with Gasteiger partial charge in [0.15, 0.2) is 24.6 Å². The van der Waals surface area contributed by atoms with E-state index in [4.69, 9.17) is 23.7 Å². The molecule has 352 valence electrons. The summed E-state index contributed by atoms with van der Waals surface area (Å²) < 4.78 is 28.1. The lowest BCUT2D eigenvalue weighted by molar-refractivity contribution is -0.301. The number of rotatable bonds is 39. The summed E-state index contributed by atoms with van der Waals surface area (Å²) in [5.41, 5.74) is 0. The minimum Gasteiger partial charge on any atom is -0.479 e. The maximum absolute atomic E-state index is 12.9. The number of ether oxygens (including phenoxy) is 5. The first-order valence-electron chi connectivity index (χ1n) is 24.0. The summed E-state index contributed by atoms with van der Waals surface area (Å²) in [5, 5.41) is 31.2. The third-order valence-corrected chi connectivity index (χ3v) is 10.7. The Hall–Kier alpha value is -3.06. The van der Waals surface area contributed by atoms with Gasteiger partial charge in [0.25, 0.3) is 0 Å². The largest absolute Gasteiger partial charge is 0.479 e. The van der Waals surface area contributed by atoms with Crippen LogP contribution in [0, 0.1) is 0 Å². The van der Waals surface area contributed by atoms with Crippen molar-refractivity contribution < 1.29 is 58.2 Å². The molecule has 1 fully saturated rings. The Morgan fingerprint density at radius 2 is 1.03 bits per heavy atom. The van der Waals surface area contributed by atoms with Crippen LogP contribution in [0.15, 0.2) is 36.5 Å². The molecule has 1 heterocycles. The van der Waals surface area contributed by atoms with Gasteiger partial charge < -0.3 is 39.0 Å². The Morgan fingerprint density at radius 3 is 1.57 bits per heavy atom. The first-order chi connectivity index (χ1) is 29.6. The van der Waals surface area contributed by atoms with E-state index < -0.39 is 67.3 Å². The zero-order valence-corrected chi connectivity index (χ0v) is 38.2. The summed E-state index contributed by atoms with van der Waals surface area (Å²) in [6, 6.07) is 0. The van der Waals surface area contributed by atoms with Crippen molar-refractivity contribution in [3.05, 3.63) is 36.5 Å². The van der Waals surface area contributed by atoms with Crippen molar-refractivity contribution in [1.82, 2.24) is 0 Å². The molecule has 0 saturated carbocycles. The molecule has 6 unspecified atom stereocenters. The van der Waals surface area contributed by atoms with E-state index in [0.29, 0.717) is 19.3 Å². The van der Waals surface area contributed by atoms with Crippen LogP contribution in [0.4, 0.5) is 0 Å². The van der Waals surface area contributed by atoms with Crippen molar-refractivity contribution in [2.24, 2.45) is 0 Å². The van der Waals surface area contributed by atoms with E-state index in [2.05, 4.69) is 57.2 Å². The van der Waals surface area contributed by atoms with Gasteiger partial charge in [0.1, 0.15) is 18.8 Å². The van der Waals surface area contributed by atoms with E-state index in [-0.39, 0.29) is 25.9 Å². The van der Waals surface area contributed by atoms with Crippen molar-refractivity contribution in [2.75, 3.05) is 13.2 Å². The quantitative estimate of drug-likeness (QED) is 0.0231. The van der Waals surface area contributed by atoms with Crippen LogP contribution in [-0.4, -0.2) is 89.2 Å². The molecule has 1 aliphatic heterocycles. The fraction of sp³-hybridized carbons (Fsp3) is 0.796. The molecule has 0 bridgehead atoms. The Labute approximate surface area is 368 Å². The van der Waals surface area contributed by atoms with Gasteiger partial charge in [-0.3, -0.25) is 14.4 Å². The van der Waals surface area contributed by atoms with Crippen LogP contribution < -0.4 is 0 Å². The van der Waals surface area contributed by atoms with Gasteiger partial charge in [-0.05, 0) is 51.4 Å². The molecule has 0 amide bonds. The van der Waals surface area contributed by atoms with E-state index in [9.17, 15) is 34.5 Å². The number of unbranched alkanes of at least 4 members (excludes halogenated alkanes) is 19. The Bertz CT molecular complexity index is 1220. The SMILES string of the molecule is CC/C=C\C/C=C\C/C=C\CCCCCC(=O)OC1C(OCC(COC(=O)CCCCCCCCCCC)OC(=O)CCCCCCCCCCC)OC(C(=O)O)C(O)C1O. The first kappa shape index (κ1) is 56.0. The van der Waals surface area contributed by atoms with Gasteiger partial charge in [-0.2, -0.15) is 0 Å². The maximum atomic E-state index is 12.9. The molecule has 0 aliphatic carbocycles. The number of aliphatic hydroxyl groups is 2. The number of carboxylic acids is 1. The lowest BCUT2D eigenvalue weighted by Crippen LogP contribution is -2.61. The number of aliphatic carboxylic acids is 1. The van der Waals surface area contributed by atoms with Gasteiger partial charge in [-0.15, -0.1) is 0 Å². The zero-order chi connectivity index (χ0) is 44.8. The van der Waals surface area contributed by atoms with Gasteiger partial charge in [0.05, 0.1) is 6.61 Å². The molecule has 12 heteroatoms. The molecule has 0 aromatic heterocycles. The van der Waals surface area contributed by atoms with Crippen LogP contribution in [0.25, 0.3) is 0 Å². The molecule has 61 heavy (non-hydrogen) atoms. The third-order valence-electron chi connectivity index (χ3n) is 10.7. The highest BCUT2D eigenvalue weighted by atomic mass is 16.7. The van der Waals surface area contributed by atoms with Crippen LogP contribution >= 0.6 is 0 Å². The molecule has 6 atom stereocenters. The highest BCUT2D eigenvalue weighted by molar-refractivity contribution is 5.74. The number of allylic oxidation sites excluding steroid dienone is 6. The van der Waals surface area contributed by atoms with Crippen molar-refractivity contribution in [3.8, 4) is 0 Å². The van der Waals surface area contributed by atoms with Crippen molar-refractivity contribution >= 4 is 23.9 Å². The molecule has 1 aliphatic rings. The molecule has 12 nitrogen and oxygen atoms in total. The van der Waals surface area contributed by atoms with E-state index in [1.807, 2.05) is 0 Å². The summed E-state index contributed by atoms with van der Waals surface area (Å²) in [7, 11) is 0. The van der Waals surface area contributed by atoms with Crippen LogP contribution in [-0.2, 0) is 42.9 Å². The fourth-order valence-corrected chi connectivity index (χ4v) is 7.03. The van der Waals surface area contributed by atoms with Crippen molar-refractivity contribution in [2.45, 2.75) is 237 Å². The van der Waals surface area contributed by atoms with Crippen molar-refractivity contribution in [3.63, 3.8) is 0 Å². The van der Waals surface area contributed by atoms with Crippen LogP contribution in [0.5, 0.6) is 0 Å². The average Bonchev–Trinajstić information content (AvgIpc) is 3.24. The zero-order valence-electron chi connectivity index (χ0n) is 38.2. The predicted octanol–water partition coefficient (Wildman–Crippen LogP) is 10.6. The molecule has 3 N–H and O–H groups in total. The van der Waals surface area contributed by atoms with Gasteiger partial charge in [-0.25, -0.2) is 4.79 Å². The summed E-state index contributed by atoms with van der Waals surface area (Å²) in [6.07, 6.45) is 28.8. The van der Waals surface area contributed by atoms with Crippen LogP contribution in [0.1, 0.15) is 201 Å². The monoisotopic (exact) mass is 865 g/mol. The molecule has 0 aromatic carbocycles. The molecule has 1 saturated heterocycles. The second-order valence-corrected chi connectivity index (χ2v) is 16.4. The predicted molar refractivity (Wildman–Crippen MR) is 239 cm³/mol. The minimum absolute atomic E-state index is 0.0279. The van der Waals surface area contributed by atoms with Crippen LogP contribution in [0.3, 0.4) is 0 Å². The third kappa shape index (κ3) is 29.8. The van der Waals surface area contributed by atoms with E-state index >= 15 is 0 Å². The highest BCUT2D eigenvalue weighted by Crippen LogP contribution is 2.26. The Kier molecular flexibility index (Phi) is 35.4. The van der Waals surface area contributed by atoms with E-state index in [1.54, 1.807) is 0 Å². The number of carbonyl (C=O) groups is 4. The molecular formula is C49H84O12. The number of esters is 3. The minimum atomic E-state index is -1.91. The van der Waals surface area contributed by atoms with Crippen LogP contribution in [0.2, 0.25) is 0 Å². The second-order valence-electron chi connectivity index (χ2n) is 16.4. The lowest BCUT2D eigenvalue weighted by atomic mass is 9.98. The molecular weight excluding hydrogens is 781 g/mol. The van der Waals surface area contributed by atoms with E-state index in [0.717, 1.165) is 77.0 Å². The molecule has 0 aromatic rings. The standard InChI is InChI=1S/C49H84O12/c1-4-7-10-13-16-19-20-21-22-25-28-31-34-37-43(52)60-47-45(54)44(53)46(48(55)56)61-49(47)58-39-40(59-42(51)36-33-30-27-24-18-15-12-9-6-3)38-57-41(50)35-32-29-26-23-17-14-11-8-5-2/h7,10,16,19,21-22,40,44-47,49,53-54H,4-6,8-9,11-15,17-18,20,23-39H2,1-3H3,(H,55,56)/b10-7-,19-16-,22-21-. The maximum Gasteiger partial charge on any atom is 0.335 e. The smallest absolute Gasteiger partial charge is 0.335 e. The summed E-state index contributed by atoms with van der Waals surface area (Å²) in [4.78, 5) is 50.5. The number of carboxylic acid groups (broad SMARTS) is 1. The highest BCUT2D eigenvalue weighted by Gasteiger charge is 2.50. The molecule has 0 radical (unpaired) electrons. The van der Waals surface area contributed by atoms with Gasteiger partial charge in [0.2, 0.25) is 0 Å². The Balaban J connectivity index is 2.77. The Morgan fingerprint density at radius 1 is 0.557 bits per heavy atom. The summed E-state index contributed by atoms with van der Waals surface area (Å²) >= 11 is 0. The normalized spacial score (nSPS) is 19.8. The topological polar surface area (TPSA) is 175 Å². The number of hydrogen-bond donors (Lipinski definition) is 3. The average molecular weight is 865 g/mol. The fourth-order valence-electron chi connectivity index (χ4n) is 7.03. The molecule has 1 rings (SSSR count). The lowest BCUT2D eigenvalue weighted by Gasteiger charge is -2.40. The van der Waals surface area contributed by atoms with E-state index in [1.165, 1.54) is 64.2 Å². The summed E-state index contributed by atoms with van der Waals surface area (Å²) in [5.74, 6) is -3.16. The molecule has 0 spiro atoms. The van der Waals surface area contributed by atoms with Gasteiger partial charge in [0, 0.05) is 19.3 Å². The van der Waals surface area contributed by atoms with Gasteiger partial charge in [-0.1, -0.05) is 166 Å². The number of aliphatic hydroxyl groups excluding tert-OH is 2. The first-order valence-corrected chi connectivity index (χ1v) is 24.0. The van der Waals surface area contributed by atoms with Crippen molar-refractivity contribution in [1.29, 1.82) is 0 Å². The van der Waals surface area contributed by atoms with Gasteiger partial charge >= 0.3 is 23.9 Å². The number of hydrogen-bond acceptors (Lipinski definition) is 11. The second kappa shape index (κ2) is 38.6. The summed E-state index contributed by atoms with van der Waals surface area (Å²) in [6.45, 7) is 5.77.